The molecule has 0 saturated carbocycles. The molecule has 0 heterocycles. The molecule has 0 aliphatic rings. The van der Waals surface area contributed by atoms with Crippen molar-refractivity contribution in [2.75, 3.05) is 12.4 Å². The first-order valence-electron chi connectivity index (χ1n) is 8.84. The lowest BCUT2D eigenvalue weighted by Gasteiger charge is -2.15. The molecule has 2 N–H and O–H groups in total. The number of aryl methyl sites for hydroxylation is 1. The number of aromatic hydroxyl groups is 1. The van der Waals surface area contributed by atoms with Crippen LogP contribution in [-0.4, -0.2) is 12.2 Å². The van der Waals surface area contributed by atoms with Gasteiger partial charge in [0.05, 0.1) is 17.2 Å². The highest BCUT2D eigenvalue weighted by atomic mass is 79.9. The number of halogens is 3. The number of ether oxygens (including phenoxy) is 2. The van der Waals surface area contributed by atoms with Crippen molar-refractivity contribution in [2.24, 2.45) is 0 Å². The normalized spacial score (nSPS) is 10.7. The van der Waals surface area contributed by atoms with Crippen LogP contribution in [0.2, 0.25) is 10.0 Å². The Balaban J connectivity index is 1.74. The van der Waals surface area contributed by atoms with Gasteiger partial charge >= 0.3 is 0 Å². The zero-order chi connectivity index (χ0) is 21.0. The summed E-state index contributed by atoms with van der Waals surface area (Å²) in [6.45, 7) is 3.00. The van der Waals surface area contributed by atoms with Crippen LogP contribution in [0.15, 0.2) is 53.0 Å². The lowest BCUT2D eigenvalue weighted by molar-refractivity contribution is 0.284. The maximum Gasteiger partial charge on any atom is 0.162 e. The van der Waals surface area contributed by atoms with Gasteiger partial charge in [0, 0.05) is 16.7 Å². The number of hydrogen-bond acceptors (Lipinski definition) is 4. The summed E-state index contributed by atoms with van der Waals surface area (Å²) >= 11 is 15.5. The van der Waals surface area contributed by atoms with Crippen LogP contribution in [0.3, 0.4) is 0 Å². The molecule has 29 heavy (non-hydrogen) atoms. The third-order valence-corrected chi connectivity index (χ3v) is 5.62. The Morgan fingerprint density at radius 3 is 2.41 bits per heavy atom. The average molecular weight is 497 g/mol. The van der Waals surface area contributed by atoms with Crippen molar-refractivity contribution in [2.45, 2.75) is 20.1 Å². The topological polar surface area (TPSA) is 50.7 Å². The number of hydrogen-bond donors (Lipinski definition) is 2. The molecular weight excluding hydrogens is 477 g/mol. The van der Waals surface area contributed by atoms with Gasteiger partial charge in [0.25, 0.3) is 0 Å². The molecule has 3 rings (SSSR count). The standard InChI is InChI=1S/C22H20BrCl2NO3/c1-13-4-3-5-14(6-13)12-29-21-10-17(23)15(7-20(21)28-2)11-26-16-8-18(24)22(27)19(25)9-16/h3-10,26-27H,11-12H2,1-2H3. The number of nitrogens with one attached hydrogen (secondary N) is 1. The van der Waals surface area contributed by atoms with E-state index in [4.69, 9.17) is 32.7 Å². The summed E-state index contributed by atoms with van der Waals surface area (Å²) in [5, 5.41) is 13.3. The van der Waals surface area contributed by atoms with Crippen LogP contribution in [0.1, 0.15) is 16.7 Å². The van der Waals surface area contributed by atoms with E-state index in [9.17, 15) is 5.11 Å². The van der Waals surface area contributed by atoms with E-state index >= 15 is 0 Å². The fraction of sp³-hybridized carbons (Fsp3) is 0.182. The Bertz CT molecular complexity index is 1000. The van der Waals surface area contributed by atoms with Crippen molar-refractivity contribution in [3.63, 3.8) is 0 Å². The smallest absolute Gasteiger partial charge is 0.162 e. The molecule has 3 aromatic rings. The average Bonchev–Trinajstić information content (AvgIpc) is 2.69. The number of phenolic OH excluding ortho intramolecular Hbond substituents is 1. The molecule has 0 unspecified atom stereocenters. The number of anilines is 1. The monoisotopic (exact) mass is 495 g/mol. The van der Waals surface area contributed by atoms with Crippen molar-refractivity contribution in [3.05, 3.63) is 79.7 Å². The van der Waals surface area contributed by atoms with Gasteiger partial charge in [-0.1, -0.05) is 69.0 Å². The van der Waals surface area contributed by atoms with Crippen molar-refractivity contribution in [3.8, 4) is 17.2 Å². The SMILES string of the molecule is COc1cc(CNc2cc(Cl)c(O)c(Cl)c2)c(Br)cc1OCc1cccc(C)c1. The molecule has 3 aromatic carbocycles. The minimum absolute atomic E-state index is 0.128. The molecule has 0 radical (unpaired) electrons. The van der Waals surface area contributed by atoms with E-state index in [1.54, 1.807) is 19.2 Å². The third-order valence-electron chi connectivity index (χ3n) is 4.31. The summed E-state index contributed by atoms with van der Waals surface area (Å²) in [5.74, 6) is 1.16. The Morgan fingerprint density at radius 2 is 1.76 bits per heavy atom. The van der Waals surface area contributed by atoms with Crippen molar-refractivity contribution >= 4 is 44.8 Å². The lowest BCUT2D eigenvalue weighted by atomic mass is 10.1. The predicted molar refractivity (Wildman–Crippen MR) is 122 cm³/mol. The van der Waals surface area contributed by atoms with Gasteiger partial charge < -0.3 is 19.9 Å². The van der Waals surface area contributed by atoms with E-state index in [0.717, 1.165) is 15.6 Å². The van der Waals surface area contributed by atoms with Gasteiger partial charge in [0.1, 0.15) is 6.61 Å². The number of benzene rings is 3. The van der Waals surface area contributed by atoms with Gasteiger partial charge in [0.15, 0.2) is 17.2 Å². The Hall–Kier alpha value is -2.08. The van der Waals surface area contributed by atoms with Crippen LogP contribution in [-0.2, 0) is 13.2 Å². The van der Waals surface area contributed by atoms with E-state index in [0.29, 0.717) is 30.3 Å². The van der Waals surface area contributed by atoms with Gasteiger partial charge in [-0.05, 0) is 42.3 Å². The first-order valence-corrected chi connectivity index (χ1v) is 10.4. The molecule has 0 fully saturated rings. The molecule has 0 aliphatic carbocycles. The lowest BCUT2D eigenvalue weighted by Crippen LogP contribution is -2.03. The molecular formula is C22H20BrCl2NO3. The maximum absolute atomic E-state index is 9.68. The minimum Gasteiger partial charge on any atom is -0.505 e. The molecule has 0 saturated heterocycles. The molecule has 0 spiro atoms. The second-order valence-corrected chi connectivity index (χ2v) is 8.18. The summed E-state index contributed by atoms with van der Waals surface area (Å²) in [4.78, 5) is 0. The summed E-state index contributed by atoms with van der Waals surface area (Å²) in [6, 6.07) is 15.2. The molecule has 4 nitrogen and oxygen atoms in total. The summed E-state index contributed by atoms with van der Waals surface area (Å²) in [6.07, 6.45) is 0. The molecule has 0 aromatic heterocycles. The molecule has 7 heteroatoms. The first kappa shape index (κ1) is 21.6. The first-order chi connectivity index (χ1) is 13.9. The number of phenols is 1. The van der Waals surface area contributed by atoms with E-state index < -0.39 is 0 Å². The highest BCUT2D eigenvalue weighted by Crippen LogP contribution is 2.36. The van der Waals surface area contributed by atoms with Crippen LogP contribution >= 0.6 is 39.1 Å². The number of rotatable bonds is 7. The largest absolute Gasteiger partial charge is 0.505 e. The summed E-state index contributed by atoms with van der Waals surface area (Å²) in [5.41, 5.74) is 3.94. The zero-order valence-electron chi connectivity index (χ0n) is 15.9. The predicted octanol–water partition coefficient (Wildman–Crippen LogP) is 6.97. The second-order valence-electron chi connectivity index (χ2n) is 6.51. The fourth-order valence-corrected chi connectivity index (χ4v) is 3.76. The Kier molecular flexibility index (Phi) is 7.17. The summed E-state index contributed by atoms with van der Waals surface area (Å²) < 4.78 is 12.4. The van der Waals surface area contributed by atoms with Crippen molar-refractivity contribution in [1.29, 1.82) is 0 Å². The van der Waals surface area contributed by atoms with Gasteiger partial charge in [-0.3, -0.25) is 0 Å². The fourth-order valence-electron chi connectivity index (χ4n) is 2.81. The van der Waals surface area contributed by atoms with Crippen LogP contribution < -0.4 is 14.8 Å². The van der Waals surface area contributed by atoms with Crippen molar-refractivity contribution < 1.29 is 14.6 Å². The van der Waals surface area contributed by atoms with Crippen LogP contribution in [0, 0.1) is 6.92 Å². The maximum atomic E-state index is 9.68. The third kappa shape index (κ3) is 5.50. The highest BCUT2D eigenvalue weighted by molar-refractivity contribution is 9.10. The van der Waals surface area contributed by atoms with Gasteiger partial charge in [-0.25, -0.2) is 0 Å². The zero-order valence-corrected chi connectivity index (χ0v) is 19.0. The molecule has 0 bridgehead atoms. The van der Waals surface area contributed by atoms with Gasteiger partial charge in [0.2, 0.25) is 0 Å². The molecule has 0 amide bonds. The van der Waals surface area contributed by atoms with Gasteiger partial charge in [-0.2, -0.15) is 0 Å². The quantitative estimate of drug-likeness (QED) is 0.347. The van der Waals surface area contributed by atoms with E-state index in [1.807, 2.05) is 24.3 Å². The minimum atomic E-state index is -0.128. The van der Waals surface area contributed by atoms with Crippen LogP contribution in [0.25, 0.3) is 0 Å². The van der Waals surface area contributed by atoms with Gasteiger partial charge in [-0.15, -0.1) is 0 Å². The van der Waals surface area contributed by atoms with Crippen molar-refractivity contribution in [1.82, 2.24) is 0 Å². The molecule has 152 valence electrons. The second kappa shape index (κ2) is 9.61. The Morgan fingerprint density at radius 1 is 1.03 bits per heavy atom. The number of methoxy groups -OCH3 is 1. The van der Waals surface area contributed by atoms with E-state index in [1.165, 1.54) is 5.56 Å². The van der Waals surface area contributed by atoms with Crippen LogP contribution in [0.4, 0.5) is 5.69 Å². The molecule has 0 aliphatic heterocycles. The van der Waals surface area contributed by atoms with E-state index in [2.05, 4.69) is 40.3 Å². The molecule has 0 atom stereocenters. The highest BCUT2D eigenvalue weighted by Gasteiger charge is 2.12. The van der Waals surface area contributed by atoms with Crippen LogP contribution in [0.5, 0.6) is 17.2 Å². The Labute approximate surface area is 188 Å². The van der Waals surface area contributed by atoms with E-state index in [-0.39, 0.29) is 15.8 Å². The summed E-state index contributed by atoms with van der Waals surface area (Å²) in [7, 11) is 1.61.